The van der Waals surface area contributed by atoms with E-state index in [9.17, 15) is 29.4 Å². The first-order valence-electron chi connectivity index (χ1n) is 18.1. The molecule has 280 valence electrons. The summed E-state index contributed by atoms with van der Waals surface area (Å²) in [5, 5.41) is 25.3. The zero-order valence-corrected chi connectivity index (χ0v) is 33.4. The van der Waals surface area contributed by atoms with Gasteiger partial charge in [-0.3, -0.25) is 18.7 Å². The number of fused-ring (bicyclic) bond motifs is 4. The number of halogens is 1. The van der Waals surface area contributed by atoms with E-state index in [1.54, 1.807) is 6.07 Å². The first-order valence-corrected chi connectivity index (χ1v) is 20.9. The predicted octanol–water partition coefficient (Wildman–Crippen LogP) is 8.35. The Balaban J connectivity index is 0.000000155. The molecule has 0 unspecified atom stereocenters. The number of anilines is 1. The van der Waals surface area contributed by atoms with Gasteiger partial charge < -0.3 is 15.1 Å². The van der Waals surface area contributed by atoms with E-state index in [2.05, 4.69) is 70.5 Å². The van der Waals surface area contributed by atoms with Crippen molar-refractivity contribution in [3.8, 4) is 0 Å². The SMILES string of the molecule is CN(C)c1c(Cc2cccc3ccccc23)cc(=O)n2c1SC[C@H]2C(=O)O.O=C(O)[C@@H]1CSc2c(C3CC3)c(Cc3cccc4ccccc34)c(Br)c(=O)n21. The summed E-state index contributed by atoms with van der Waals surface area (Å²) in [5.74, 6) is -0.695. The number of carboxylic acid groups (broad SMARTS) is 2. The molecule has 0 saturated heterocycles. The number of carboxylic acids is 2. The fourth-order valence-corrected chi connectivity index (χ4v) is 11.3. The summed E-state index contributed by atoms with van der Waals surface area (Å²) in [6.07, 6.45) is 3.47. The van der Waals surface area contributed by atoms with Crippen LogP contribution in [0.4, 0.5) is 5.69 Å². The Kier molecular flexibility index (Phi) is 10.2. The van der Waals surface area contributed by atoms with Gasteiger partial charge in [-0.15, -0.1) is 23.5 Å². The van der Waals surface area contributed by atoms with Gasteiger partial charge in [0.2, 0.25) is 0 Å². The quantitative estimate of drug-likeness (QED) is 0.156. The fraction of sp³-hybridized carbons (Fsp3) is 0.256. The van der Waals surface area contributed by atoms with E-state index in [4.69, 9.17) is 0 Å². The van der Waals surface area contributed by atoms with Gasteiger partial charge in [-0.05, 0) is 90.5 Å². The molecule has 9 nitrogen and oxygen atoms in total. The van der Waals surface area contributed by atoms with E-state index in [-0.39, 0.29) is 11.1 Å². The third kappa shape index (κ3) is 6.89. The molecule has 9 rings (SSSR count). The summed E-state index contributed by atoms with van der Waals surface area (Å²) < 4.78 is 3.44. The van der Waals surface area contributed by atoms with Gasteiger partial charge in [0.15, 0.2) is 0 Å². The van der Waals surface area contributed by atoms with Crippen LogP contribution in [0.15, 0.2) is 115 Å². The van der Waals surface area contributed by atoms with Crippen molar-refractivity contribution >= 4 is 78.6 Å². The van der Waals surface area contributed by atoms with Crippen molar-refractivity contribution in [1.29, 1.82) is 0 Å². The molecule has 3 aliphatic rings. The maximum atomic E-state index is 13.1. The Morgan fingerprint density at radius 1 is 0.727 bits per heavy atom. The number of thioether (sulfide) groups is 2. The molecule has 2 aliphatic heterocycles. The van der Waals surface area contributed by atoms with Gasteiger partial charge in [0.1, 0.15) is 17.1 Å². The first-order chi connectivity index (χ1) is 26.5. The van der Waals surface area contributed by atoms with Gasteiger partial charge in [0.05, 0.1) is 15.2 Å². The number of hydrogen-bond acceptors (Lipinski definition) is 7. The summed E-state index contributed by atoms with van der Waals surface area (Å²) in [6.45, 7) is 0. The molecule has 4 heterocycles. The van der Waals surface area contributed by atoms with Crippen LogP contribution in [0.25, 0.3) is 21.5 Å². The zero-order chi connectivity index (χ0) is 38.5. The lowest BCUT2D eigenvalue weighted by Crippen LogP contribution is -2.30. The van der Waals surface area contributed by atoms with Crippen LogP contribution in [0.2, 0.25) is 0 Å². The van der Waals surface area contributed by atoms with Crippen molar-refractivity contribution in [3.05, 3.63) is 144 Å². The van der Waals surface area contributed by atoms with Crippen LogP contribution in [0.3, 0.4) is 0 Å². The maximum Gasteiger partial charge on any atom is 0.327 e. The highest BCUT2D eigenvalue weighted by Gasteiger charge is 2.39. The Morgan fingerprint density at radius 2 is 1.25 bits per heavy atom. The number of pyridine rings is 2. The molecule has 1 fully saturated rings. The van der Waals surface area contributed by atoms with Gasteiger partial charge in [0, 0.05) is 38.1 Å². The van der Waals surface area contributed by atoms with Crippen molar-refractivity contribution in [2.75, 3.05) is 30.5 Å². The number of hydrogen-bond donors (Lipinski definition) is 2. The lowest BCUT2D eigenvalue weighted by molar-refractivity contribution is -0.141. The average Bonchev–Trinajstić information content (AvgIpc) is 3.73. The highest BCUT2D eigenvalue weighted by Crippen LogP contribution is 2.50. The fourth-order valence-electron chi connectivity index (χ4n) is 7.90. The first kappa shape index (κ1) is 37.2. The number of aliphatic carboxylic acids is 2. The van der Waals surface area contributed by atoms with Gasteiger partial charge in [-0.2, -0.15) is 0 Å². The van der Waals surface area contributed by atoms with Crippen molar-refractivity contribution in [2.24, 2.45) is 0 Å². The highest BCUT2D eigenvalue weighted by molar-refractivity contribution is 9.10. The molecule has 0 radical (unpaired) electrons. The molecule has 2 atom stereocenters. The molecule has 0 bridgehead atoms. The molecular weight excluding hydrogens is 799 g/mol. The van der Waals surface area contributed by atoms with Crippen LogP contribution in [0.5, 0.6) is 0 Å². The number of aromatic nitrogens is 2. The van der Waals surface area contributed by atoms with E-state index in [0.29, 0.717) is 34.7 Å². The van der Waals surface area contributed by atoms with E-state index in [1.165, 1.54) is 65.3 Å². The molecule has 1 saturated carbocycles. The van der Waals surface area contributed by atoms with Crippen molar-refractivity contribution in [2.45, 2.75) is 53.7 Å². The van der Waals surface area contributed by atoms with Gasteiger partial charge in [-0.1, -0.05) is 84.9 Å². The molecule has 1 aliphatic carbocycles. The smallest absolute Gasteiger partial charge is 0.327 e. The summed E-state index contributed by atoms with van der Waals surface area (Å²) >= 11 is 6.50. The number of rotatable bonds is 8. The molecule has 6 aromatic rings. The van der Waals surface area contributed by atoms with E-state index in [1.807, 2.05) is 49.3 Å². The minimum absolute atomic E-state index is 0.230. The normalized spacial score (nSPS) is 17.1. The van der Waals surface area contributed by atoms with Crippen LogP contribution in [-0.4, -0.2) is 56.9 Å². The topological polar surface area (TPSA) is 122 Å². The average molecular weight is 837 g/mol. The van der Waals surface area contributed by atoms with Crippen molar-refractivity contribution in [3.63, 3.8) is 0 Å². The third-order valence-electron chi connectivity index (χ3n) is 10.6. The van der Waals surface area contributed by atoms with E-state index in [0.717, 1.165) is 45.3 Å². The second-order valence-electron chi connectivity index (χ2n) is 14.3. The largest absolute Gasteiger partial charge is 0.480 e. The van der Waals surface area contributed by atoms with E-state index >= 15 is 0 Å². The van der Waals surface area contributed by atoms with E-state index < -0.39 is 24.0 Å². The molecule has 12 heteroatoms. The van der Waals surface area contributed by atoms with Crippen molar-refractivity contribution < 1.29 is 19.8 Å². The van der Waals surface area contributed by atoms with Crippen molar-refractivity contribution in [1.82, 2.24) is 9.13 Å². The number of nitrogens with zero attached hydrogens (tertiary/aromatic N) is 3. The van der Waals surface area contributed by atoms with Crippen LogP contribution in [0.1, 0.15) is 58.7 Å². The Hall–Kier alpha value is -4.78. The predicted molar refractivity (Wildman–Crippen MR) is 224 cm³/mol. The molecular formula is C43H38BrN3O6S2. The molecule has 55 heavy (non-hydrogen) atoms. The second kappa shape index (κ2) is 15.0. The van der Waals surface area contributed by atoms with Gasteiger partial charge in [-0.25, -0.2) is 9.59 Å². The van der Waals surface area contributed by atoms with Crippen LogP contribution in [0, 0.1) is 0 Å². The van der Waals surface area contributed by atoms with Crippen LogP contribution < -0.4 is 16.0 Å². The number of carbonyl (C=O) groups is 2. The zero-order valence-electron chi connectivity index (χ0n) is 30.2. The Labute approximate surface area is 334 Å². The van der Waals surface area contributed by atoms with Crippen LogP contribution in [-0.2, 0) is 22.4 Å². The summed E-state index contributed by atoms with van der Waals surface area (Å²) in [7, 11) is 3.86. The third-order valence-corrected chi connectivity index (χ3v) is 13.7. The number of benzene rings is 4. The molecule has 2 N–H and O–H groups in total. The standard InChI is InChI=1S/C22H18BrNO3S.C21H20N2O3S/c23-19-16(10-14-6-3-5-12-4-1-2-7-15(12)14)18(13-8-9-13)21-24(20(19)25)17(11-28-21)22(26)27;1-22(2)19-15(10-14-8-5-7-13-6-3-4-9-16(13)14)11-18(24)23-17(21(25)26)12-27-20(19)23/h1-7,13,17H,8-11H2,(H,26,27);3-9,11,17H,10,12H2,1-2H3,(H,25,26)/t2*17-/m00/s1. The molecule has 0 amide bonds. The lowest BCUT2D eigenvalue weighted by atomic mass is 9.95. The maximum absolute atomic E-state index is 13.1. The monoisotopic (exact) mass is 835 g/mol. The lowest BCUT2D eigenvalue weighted by Gasteiger charge is -2.22. The van der Waals surface area contributed by atoms with Gasteiger partial charge >= 0.3 is 11.9 Å². The Bertz CT molecular complexity index is 2640. The minimum Gasteiger partial charge on any atom is -0.480 e. The Morgan fingerprint density at radius 3 is 1.82 bits per heavy atom. The molecule has 0 spiro atoms. The van der Waals surface area contributed by atoms with Crippen LogP contribution >= 0.6 is 39.5 Å². The second-order valence-corrected chi connectivity index (χ2v) is 17.2. The summed E-state index contributed by atoms with van der Waals surface area (Å²) in [4.78, 5) is 51.0. The minimum atomic E-state index is -0.963. The van der Waals surface area contributed by atoms with Gasteiger partial charge in [0.25, 0.3) is 11.1 Å². The summed E-state index contributed by atoms with van der Waals surface area (Å²) in [5.41, 5.74) is 5.90. The molecule has 2 aromatic heterocycles. The molecule has 4 aromatic carbocycles. The summed E-state index contributed by atoms with van der Waals surface area (Å²) in [6, 6.07) is 29.0. The highest BCUT2D eigenvalue weighted by atomic mass is 79.9.